The largest absolute Gasteiger partial charge is 0.341 e. The Hall–Kier alpha value is -1.81. The van der Waals surface area contributed by atoms with Gasteiger partial charge in [-0.15, -0.1) is 0 Å². The first-order valence-electron chi connectivity index (χ1n) is 9.59. The number of nitrogens with zero attached hydrogens (tertiary/aromatic N) is 3. The molecule has 1 aliphatic carbocycles. The van der Waals surface area contributed by atoms with E-state index < -0.39 is 0 Å². The lowest BCUT2D eigenvalue weighted by molar-refractivity contribution is -0.135. The SMILES string of the molecule is CC(C)n1ccnc1[C@H]1CCCN(C(=O)C2(c3ccc(Cl)cc3)CC2)C1. The van der Waals surface area contributed by atoms with E-state index in [2.05, 4.69) is 34.5 Å². The van der Waals surface area contributed by atoms with Crippen LogP contribution < -0.4 is 0 Å². The Kier molecular flexibility index (Phi) is 4.55. The quantitative estimate of drug-likeness (QED) is 0.790. The zero-order chi connectivity index (χ0) is 18.3. The second kappa shape index (κ2) is 6.73. The van der Waals surface area contributed by atoms with Crippen molar-refractivity contribution in [3.63, 3.8) is 0 Å². The molecule has 0 spiro atoms. The Bertz CT molecular complexity index is 792. The maximum Gasteiger partial charge on any atom is 0.233 e. The zero-order valence-electron chi connectivity index (χ0n) is 15.5. The van der Waals surface area contributed by atoms with Crippen LogP contribution in [0.1, 0.15) is 62.9 Å². The summed E-state index contributed by atoms with van der Waals surface area (Å²) in [7, 11) is 0. The van der Waals surface area contributed by atoms with E-state index >= 15 is 0 Å². The molecule has 5 heteroatoms. The fourth-order valence-corrected chi connectivity index (χ4v) is 4.40. The molecule has 1 saturated carbocycles. The van der Waals surface area contributed by atoms with Crippen LogP contribution in [0.25, 0.3) is 0 Å². The van der Waals surface area contributed by atoms with Gasteiger partial charge in [-0.3, -0.25) is 4.79 Å². The molecule has 26 heavy (non-hydrogen) atoms. The normalized spacial score (nSPS) is 21.8. The number of piperidine rings is 1. The number of rotatable bonds is 4. The van der Waals surface area contributed by atoms with Crippen molar-refractivity contribution < 1.29 is 4.79 Å². The summed E-state index contributed by atoms with van der Waals surface area (Å²) in [6.07, 6.45) is 7.95. The van der Waals surface area contributed by atoms with Gasteiger partial charge in [-0.2, -0.15) is 0 Å². The van der Waals surface area contributed by atoms with Gasteiger partial charge in [0, 0.05) is 42.5 Å². The standard InChI is InChI=1S/C21H26ClN3O/c1-15(2)25-13-11-23-19(25)16-4-3-12-24(14-16)20(26)21(9-10-21)17-5-7-18(22)8-6-17/h5-8,11,13,15-16H,3-4,9-10,12,14H2,1-2H3/t16-/m0/s1. The summed E-state index contributed by atoms with van der Waals surface area (Å²) < 4.78 is 2.24. The first kappa shape index (κ1) is 17.6. The number of hydrogen-bond donors (Lipinski definition) is 0. The molecule has 0 radical (unpaired) electrons. The van der Waals surface area contributed by atoms with E-state index in [0.717, 1.165) is 55.2 Å². The molecule has 138 valence electrons. The van der Waals surface area contributed by atoms with Crippen LogP contribution in [0, 0.1) is 0 Å². The van der Waals surface area contributed by atoms with Crippen molar-refractivity contribution in [2.45, 2.75) is 56.9 Å². The van der Waals surface area contributed by atoms with Gasteiger partial charge in [0.05, 0.1) is 5.41 Å². The van der Waals surface area contributed by atoms with E-state index in [9.17, 15) is 4.79 Å². The van der Waals surface area contributed by atoms with Gasteiger partial charge < -0.3 is 9.47 Å². The number of amides is 1. The molecular formula is C21H26ClN3O. The molecule has 0 bridgehead atoms. The van der Waals surface area contributed by atoms with Crippen molar-refractivity contribution in [3.8, 4) is 0 Å². The Balaban J connectivity index is 1.53. The lowest BCUT2D eigenvalue weighted by atomic mass is 9.91. The summed E-state index contributed by atoms with van der Waals surface area (Å²) >= 11 is 6.02. The van der Waals surface area contributed by atoms with E-state index in [-0.39, 0.29) is 11.3 Å². The fourth-order valence-electron chi connectivity index (χ4n) is 4.27. The maximum atomic E-state index is 13.4. The molecule has 1 atom stereocenters. The molecule has 1 aromatic heterocycles. The van der Waals surface area contributed by atoms with Crippen LogP contribution in [0.3, 0.4) is 0 Å². The second-order valence-electron chi connectivity index (χ2n) is 7.97. The summed E-state index contributed by atoms with van der Waals surface area (Å²) in [5, 5.41) is 0.718. The van der Waals surface area contributed by atoms with Crippen molar-refractivity contribution in [1.29, 1.82) is 0 Å². The van der Waals surface area contributed by atoms with Gasteiger partial charge in [-0.05, 0) is 57.2 Å². The number of benzene rings is 1. The molecule has 2 heterocycles. The van der Waals surface area contributed by atoms with Gasteiger partial charge in [0.2, 0.25) is 5.91 Å². The van der Waals surface area contributed by atoms with Crippen LogP contribution in [0.4, 0.5) is 0 Å². The first-order chi connectivity index (χ1) is 12.5. The monoisotopic (exact) mass is 371 g/mol. The van der Waals surface area contributed by atoms with Crippen molar-refractivity contribution in [2.24, 2.45) is 0 Å². The van der Waals surface area contributed by atoms with Crippen molar-refractivity contribution in [2.75, 3.05) is 13.1 Å². The summed E-state index contributed by atoms with van der Waals surface area (Å²) in [5.41, 5.74) is 0.789. The first-order valence-corrected chi connectivity index (χ1v) is 9.97. The summed E-state index contributed by atoms with van der Waals surface area (Å²) in [4.78, 5) is 20.1. The van der Waals surface area contributed by atoms with Crippen molar-refractivity contribution in [3.05, 3.63) is 53.1 Å². The maximum absolute atomic E-state index is 13.4. The minimum absolute atomic E-state index is 0.284. The smallest absolute Gasteiger partial charge is 0.233 e. The van der Waals surface area contributed by atoms with E-state index in [1.54, 1.807) is 0 Å². The Labute approximate surface area is 160 Å². The van der Waals surface area contributed by atoms with Crippen LogP contribution >= 0.6 is 11.6 Å². The lowest BCUT2D eigenvalue weighted by Crippen LogP contribution is -2.45. The number of halogens is 1. The number of aromatic nitrogens is 2. The van der Waals surface area contributed by atoms with Crippen molar-refractivity contribution in [1.82, 2.24) is 14.5 Å². The molecule has 1 aromatic carbocycles. The second-order valence-corrected chi connectivity index (χ2v) is 8.40. The van der Waals surface area contributed by atoms with Gasteiger partial charge in [0.15, 0.2) is 0 Å². The molecule has 1 amide bonds. The summed E-state index contributed by atoms with van der Waals surface area (Å²) in [6, 6.07) is 8.20. The highest BCUT2D eigenvalue weighted by Crippen LogP contribution is 2.50. The Morgan fingerprint density at radius 1 is 1.27 bits per heavy atom. The summed E-state index contributed by atoms with van der Waals surface area (Å²) in [5.74, 6) is 1.73. The highest BCUT2D eigenvalue weighted by Gasteiger charge is 2.53. The third-order valence-corrected chi connectivity index (χ3v) is 6.14. The van der Waals surface area contributed by atoms with E-state index in [1.165, 1.54) is 0 Å². The van der Waals surface area contributed by atoms with Gasteiger partial charge in [-0.1, -0.05) is 23.7 Å². The van der Waals surface area contributed by atoms with E-state index in [1.807, 2.05) is 30.5 Å². The molecule has 2 aliphatic rings. The summed E-state index contributed by atoms with van der Waals surface area (Å²) in [6.45, 7) is 5.98. The lowest BCUT2D eigenvalue weighted by Gasteiger charge is -2.35. The number of hydrogen-bond acceptors (Lipinski definition) is 2. The average molecular weight is 372 g/mol. The average Bonchev–Trinajstić information content (AvgIpc) is 3.30. The fraction of sp³-hybridized carbons (Fsp3) is 0.524. The van der Waals surface area contributed by atoms with Gasteiger partial charge in [0.25, 0.3) is 0 Å². The van der Waals surface area contributed by atoms with Crippen LogP contribution in [0.5, 0.6) is 0 Å². The number of imidazole rings is 1. The van der Waals surface area contributed by atoms with Crippen LogP contribution in [-0.4, -0.2) is 33.4 Å². The molecule has 0 unspecified atom stereocenters. The van der Waals surface area contributed by atoms with Gasteiger partial charge >= 0.3 is 0 Å². The molecule has 2 fully saturated rings. The highest BCUT2D eigenvalue weighted by atomic mass is 35.5. The Morgan fingerprint density at radius 2 is 2.00 bits per heavy atom. The molecule has 4 nitrogen and oxygen atoms in total. The van der Waals surface area contributed by atoms with E-state index in [4.69, 9.17) is 11.6 Å². The van der Waals surface area contributed by atoms with Crippen molar-refractivity contribution >= 4 is 17.5 Å². The van der Waals surface area contributed by atoms with Gasteiger partial charge in [-0.25, -0.2) is 4.98 Å². The molecule has 2 aromatic rings. The Morgan fingerprint density at radius 3 is 2.65 bits per heavy atom. The van der Waals surface area contributed by atoms with E-state index in [0.29, 0.717) is 12.0 Å². The molecule has 4 rings (SSSR count). The minimum atomic E-state index is -0.319. The molecule has 0 N–H and O–H groups in total. The minimum Gasteiger partial charge on any atom is -0.341 e. The predicted molar refractivity (Wildman–Crippen MR) is 104 cm³/mol. The van der Waals surface area contributed by atoms with Crippen LogP contribution in [0.2, 0.25) is 5.02 Å². The van der Waals surface area contributed by atoms with Crippen LogP contribution in [-0.2, 0) is 10.2 Å². The third-order valence-electron chi connectivity index (χ3n) is 5.88. The topological polar surface area (TPSA) is 38.1 Å². The molecule has 1 aliphatic heterocycles. The highest BCUT2D eigenvalue weighted by molar-refractivity contribution is 6.30. The molecular weight excluding hydrogens is 346 g/mol. The number of likely N-dealkylation sites (tertiary alicyclic amines) is 1. The predicted octanol–water partition coefficient (Wildman–Crippen LogP) is 4.56. The van der Waals surface area contributed by atoms with Crippen LogP contribution in [0.15, 0.2) is 36.7 Å². The molecule has 1 saturated heterocycles. The number of carbonyl (C=O) groups excluding carboxylic acids is 1. The van der Waals surface area contributed by atoms with Gasteiger partial charge in [0.1, 0.15) is 5.82 Å². The third kappa shape index (κ3) is 3.05. The zero-order valence-corrected chi connectivity index (χ0v) is 16.2. The number of carbonyl (C=O) groups is 1.